The highest BCUT2D eigenvalue weighted by Crippen LogP contribution is 2.49. The van der Waals surface area contributed by atoms with E-state index in [1.165, 1.54) is 23.8 Å². The molecule has 0 fully saturated rings. The molecule has 0 bridgehead atoms. The van der Waals surface area contributed by atoms with Crippen molar-refractivity contribution in [3.8, 4) is 0 Å². The Balaban J connectivity index is 2.16. The van der Waals surface area contributed by atoms with E-state index in [-0.39, 0.29) is 16.2 Å². The van der Waals surface area contributed by atoms with Gasteiger partial charge in [-0.1, -0.05) is 50.6 Å². The van der Waals surface area contributed by atoms with Crippen molar-refractivity contribution in [2.24, 2.45) is 15.3 Å². The maximum absolute atomic E-state index is 12.2. The summed E-state index contributed by atoms with van der Waals surface area (Å²) in [5.74, 6) is -0.393. The van der Waals surface area contributed by atoms with E-state index in [1.807, 2.05) is 25.2 Å². The number of allylic oxidation sites excluding steroid dienone is 7. The summed E-state index contributed by atoms with van der Waals surface area (Å²) < 4.78 is 48.7. The van der Waals surface area contributed by atoms with Crippen LogP contribution < -0.4 is 10.3 Å². The van der Waals surface area contributed by atoms with E-state index in [2.05, 4.69) is 26.5 Å². The third-order valence-electron chi connectivity index (χ3n) is 5.89. The Bertz CT molecular complexity index is 1390. The van der Waals surface area contributed by atoms with Crippen LogP contribution in [0.2, 0.25) is 0 Å². The van der Waals surface area contributed by atoms with Gasteiger partial charge in [0.1, 0.15) is 0 Å². The summed E-state index contributed by atoms with van der Waals surface area (Å²) in [5, 5.41) is 10.8. The fraction of sp³-hybridized carbons (Fsp3) is 0.320. The van der Waals surface area contributed by atoms with Crippen LogP contribution in [0.1, 0.15) is 69.1 Å². The lowest BCUT2D eigenvalue weighted by Gasteiger charge is -2.22. The summed E-state index contributed by atoms with van der Waals surface area (Å²) in [6.07, 6.45) is 12.3. The molecular formula is C25H31N3O4S2. The van der Waals surface area contributed by atoms with Gasteiger partial charge in [0, 0.05) is 5.92 Å². The van der Waals surface area contributed by atoms with E-state index in [0.717, 1.165) is 30.4 Å². The highest BCUT2D eigenvalue weighted by Gasteiger charge is 2.40. The zero-order valence-corrected chi connectivity index (χ0v) is 21.3. The summed E-state index contributed by atoms with van der Waals surface area (Å²) >= 11 is 0. The van der Waals surface area contributed by atoms with Crippen molar-refractivity contribution in [2.45, 2.75) is 57.3 Å². The van der Waals surface area contributed by atoms with E-state index in [4.69, 9.17) is 15.3 Å². The summed E-state index contributed by atoms with van der Waals surface area (Å²) in [6, 6.07) is 2.92. The van der Waals surface area contributed by atoms with Crippen LogP contribution in [0.25, 0.3) is 11.6 Å². The average molecular weight is 502 g/mol. The molecule has 34 heavy (non-hydrogen) atoms. The van der Waals surface area contributed by atoms with Crippen molar-refractivity contribution in [1.29, 1.82) is 0 Å². The minimum atomic E-state index is -4.02. The van der Waals surface area contributed by atoms with Gasteiger partial charge in [0.2, 0.25) is 20.0 Å². The number of primary sulfonamides is 2. The molecule has 0 spiro atoms. The number of nitrogens with two attached hydrogens (primary N) is 2. The maximum atomic E-state index is 12.2. The van der Waals surface area contributed by atoms with E-state index >= 15 is 0 Å². The molecule has 0 radical (unpaired) electrons. The molecular weight excluding hydrogens is 470 g/mol. The Labute approximate surface area is 202 Å². The minimum Gasteiger partial charge on any atom is -0.253 e. The topological polar surface area (TPSA) is 133 Å². The van der Waals surface area contributed by atoms with Crippen LogP contribution >= 0.6 is 0 Å². The van der Waals surface area contributed by atoms with E-state index in [0.29, 0.717) is 22.5 Å². The van der Waals surface area contributed by atoms with Crippen LogP contribution in [0.15, 0.2) is 69.1 Å². The van der Waals surface area contributed by atoms with Crippen molar-refractivity contribution in [3.63, 3.8) is 0 Å². The van der Waals surface area contributed by atoms with Gasteiger partial charge >= 0.3 is 0 Å². The summed E-state index contributed by atoms with van der Waals surface area (Å²) in [7, 11) is -8.00. The highest BCUT2D eigenvalue weighted by atomic mass is 32.2. The van der Waals surface area contributed by atoms with Crippen LogP contribution in [-0.2, 0) is 20.0 Å². The zero-order valence-electron chi connectivity index (χ0n) is 19.7. The molecule has 7 nitrogen and oxygen atoms in total. The lowest BCUT2D eigenvalue weighted by Crippen LogP contribution is -2.21. The second kappa shape index (κ2) is 9.95. The number of benzene rings is 1. The molecule has 2 aliphatic rings. The molecule has 1 unspecified atom stereocenters. The predicted molar refractivity (Wildman–Crippen MR) is 139 cm³/mol. The Hall–Kier alpha value is -2.59. The third-order valence-corrected chi connectivity index (χ3v) is 7.80. The zero-order chi connectivity index (χ0) is 25.3. The summed E-state index contributed by atoms with van der Waals surface area (Å²) in [5.41, 5.74) is 5.02. The molecule has 4 N–H and O–H groups in total. The Morgan fingerprint density at radius 1 is 1.15 bits per heavy atom. The SMILES string of the molecule is C=C(/C=C\C(=C/CC)CCC)N=C1C(=CC)c2cc(S(N)(=O)=O)cc3c2C1CC(S(N)(=O)=O)=C3. The Morgan fingerprint density at radius 2 is 1.85 bits per heavy atom. The first-order chi connectivity index (χ1) is 15.9. The van der Waals surface area contributed by atoms with Crippen molar-refractivity contribution < 1.29 is 16.8 Å². The maximum Gasteiger partial charge on any atom is 0.238 e. The summed E-state index contributed by atoms with van der Waals surface area (Å²) in [4.78, 5) is 4.69. The minimum absolute atomic E-state index is 0.0184. The monoisotopic (exact) mass is 501 g/mol. The van der Waals surface area contributed by atoms with E-state index in [1.54, 1.807) is 0 Å². The van der Waals surface area contributed by atoms with Crippen molar-refractivity contribution in [2.75, 3.05) is 0 Å². The van der Waals surface area contributed by atoms with E-state index < -0.39 is 26.0 Å². The first-order valence-electron chi connectivity index (χ1n) is 11.2. The quantitative estimate of drug-likeness (QED) is 0.507. The number of aliphatic imine (C=N–C) groups is 1. The second-order valence-electron chi connectivity index (χ2n) is 8.39. The van der Waals surface area contributed by atoms with Crippen LogP contribution in [0.4, 0.5) is 0 Å². The van der Waals surface area contributed by atoms with Crippen molar-refractivity contribution in [3.05, 3.63) is 75.9 Å². The molecule has 0 heterocycles. The molecule has 0 aliphatic heterocycles. The number of sulfonamides is 2. The Kier molecular flexibility index (Phi) is 7.62. The number of hydrogen-bond donors (Lipinski definition) is 2. The van der Waals surface area contributed by atoms with Crippen LogP contribution in [0, 0.1) is 0 Å². The van der Waals surface area contributed by atoms with Gasteiger partial charge in [-0.25, -0.2) is 27.1 Å². The van der Waals surface area contributed by atoms with Crippen LogP contribution in [0.3, 0.4) is 0 Å². The molecule has 0 aromatic heterocycles. The largest absolute Gasteiger partial charge is 0.253 e. The molecule has 1 aromatic rings. The van der Waals surface area contributed by atoms with Crippen LogP contribution in [0.5, 0.6) is 0 Å². The smallest absolute Gasteiger partial charge is 0.238 e. The third kappa shape index (κ3) is 5.38. The fourth-order valence-electron chi connectivity index (χ4n) is 4.48. The van der Waals surface area contributed by atoms with Gasteiger partial charge in [0.05, 0.1) is 21.2 Å². The normalized spacial score (nSPS) is 20.8. The van der Waals surface area contributed by atoms with Gasteiger partial charge in [-0.05, 0) is 72.7 Å². The molecule has 0 saturated carbocycles. The van der Waals surface area contributed by atoms with E-state index in [9.17, 15) is 16.8 Å². The molecule has 9 heteroatoms. The fourth-order valence-corrected chi connectivity index (χ4v) is 5.74. The lowest BCUT2D eigenvalue weighted by molar-refractivity contribution is 0.597. The van der Waals surface area contributed by atoms with Gasteiger partial charge in [-0.15, -0.1) is 0 Å². The molecule has 3 rings (SSSR count). The number of rotatable bonds is 8. The van der Waals surface area contributed by atoms with Gasteiger partial charge in [0.15, 0.2) is 0 Å². The van der Waals surface area contributed by atoms with Gasteiger partial charge < -0.3 is 0 Å². The molecule has 0 saturated heterocycles. The first-order valence-corrected chi connectivity index (χ1v) is 14.3. The number of nitrogens with zero attached hydrogens (tertiary/aromatic N) is 1. The Morgan fingerprint density at radius 3 is 2.41 bits per heavy atom. The van der Waals surface area contributed by atoms with Gasteiger partial charge in [0.25, 0.3) is 0 Å². The van der Waals surface area contributed by atoms with Crippen molar-refractivity contribution in [1.82, 2.24) is 0 Å². The molecule has 182 valence electrons. The highest BCUT2D eigenvalue weighted by molar-refractivity contribution is 7.93. The van der Waals surface area contributed by atoms with Crippen LogP contribution in [-0.4, -0.2) is 22.5 Å². The number of hydrogen-bond acceptors (Lipinski definition) is 5. The average Bonchev–Trinajstić information content (AvgIpc) is 3.04. The second-order valence-corrected chi connectivity index (χ2v) is 11.6. The van der Waals surface area contributed by atoms with Gasteiger partial charge in [-0.3, -0.25) is 4.99 Å². The summed E-state index contributed by atoms with van der Waals surface area (Å²) in [6.45, 7) is 10.1. The first kappa shape index (κ1) is 26.0. The molecule has 1 aromatic carbocycles. The predicted octanol–water partition coefficient (Wildman–Crippen LogP) is 4.52. The molecule has 1 atom stereocenters. The molecule has 2 aliphatic carbocycles. The van der Waals surface area contributed by atoms with Crippen molar-refractivity contribution >= 4 is 37.4 Å². The lowest BCUT2D eigenvalue weighted by atomic mass is 9.87. The molecule has 0 amide bonds. The standard InChI is InChI=1S/C25H31N3O4S2/c1-5-8-17(9-6-2)11-10-16(4)28-25-21(7-3)22-14-19(33(26,29)30)12-18-13-20(34(27,31)32)15-23(25)24(18)22/h7-8,10-14,23H,4-6,9,15H2,1-3H3,(H2,26,29,30)(H2,27,31,32)/b11-10-,17-8-,21-7?,28-25?. The van der Waals surface area contributed by atoms with Gasteiger partial charge in [-0.2, -0.15) is 0 Å².